The van der Waals surface area contributed by atoms with E-state index in [-0.39, 0.29) is 6.04 Å². The Morgan fingerprint density at radius 3 is 2.43 bits per heavy atom. The molecule has 0 atom stereocenters. The fourth-order valence-corrected chi connectivity index (χ4v) is 6.58. The molecule has 0 aromatic carbocycles. The van der Waals surface area contributed by atoms with E-state index in [2.05, 4.69) is 15.9 Å². The highest BCUT2D eigenvalue weighted by Crippen LogP contribution is 2.38. The molecule has 5 nitrogen and oxygen atoms in total. The summed E-state index contributed by atoms with van der Waals surface area (Å²) >= 11 is 4.56. The molecule has 2 aliphatic rings. The van der Waals surface area contributed by atoms with Crippen molar-refractivity contribution < 1.29 is 17.9 Å². The van der Waals surface area contributed by atoms with Crippen LogP contribution >= 0.6 is 27.3 Å². The first-order chi connectivity index (χ1) is 9.93. The summed E-state index contributed by atoms with van der Waals surface area (Å²) in [5.74, 6) is -0.451. The van der Waals surface area contributed by atoms with Crippen LogP contribution in [0.3, 0.4) is 0 Å². The van der Waals surface area contributed by atoms with Crippen LogP contribution in [0.15, 0.2) is 20.1 Å². The molecule has 1 saturated heterocycles. The van der Waals surface area contributed by atoms with Gasteiger partial charge in [-0.25, -0.2) is 8.42 Å². The van der Waals surface area contributed by atoms with Gasteiger partial charge in [-0.05, 0) is 40.9 Å². The van der Waals surface area contributed by atoms with Gasteiger partial charge in [-0.3, -0.25) is 0 Å². The smallest absolute Gasteiger partial charge is 0.252 e. The molecule has 0 unspecified atom stereocenters. The lowest BCUT2D eigenvalue weighted by atomic mass is 9.90. The van der Waals surface area contributed by atoms with E-state index in [1.54, 1.807) is 19.2 Å². The van der Waals surface area contributed by atoms with E-state index >= 15 is 0 Å². The third kappa shape index (κ3) is 3.07. The summed E-state index contributed by atoms with van der Waals surface area (Å²) < 4.78 is 39.3. The number of nitrogens with zero attached hydrogens (tertiary/aromatic N) is 1. The second-order valence-electron chi connectivity index (χ2n) is 5.42. The van der Waals surface area contributed by atoms with Crippen LogP contribution in [0.1, 0.15) is 25.7 Å². The highest BCUT2D eigenvalue weighted by Gasteiger charge is 2.43. The van der Waals surface area contributed by atoms with Crippen LogP contribution in [0.4, 0.5) is 0 Å². The lowest BCUT2D eigenvalue weighted by Crippen LogP contribution is -2.44. The first kappa shape index (κ1) is 15.9. The van der Waals surface area contributed by atoms with Crippen molar-refractivity contribution in [3.05, 3.63) is 15.9 Å². The van der Waals surface area contributed by atoms with Gasteiger partial charge in [-0.2, -0.15) is 4.31 Å². The van der Waals surface area contributed by atoms with E-state index in [4.69, 9.17) is 9.47 Å². The Hall–Kier alpha value is 0.01000. The number of hydrogen-bond acceptors (Lipinski definition) is 5. The van der Waals surface area contributed by atoms with Crippen molar-refractivity contribution in [1.29, 1.82) is 0 Å². The molecule has 3 rings (SSSR count). The summed E-state index contributed by atoms with van der Waals surface area (Å²) in [4.78, 5) is 0. The van der Waals surface area contributed by atoms with Crippen molar-refractivity contribution in [2.75, 3.05) is 20.3 Å². The zero-order chi connectivity index (χ0) is 15.1. The third-order valence-corrected chi connectivity index (χ3v) is 8.23. The number of rotatable bonds is 3. The Balaban J connectivity index is 1.70. The summed E-state index contributed by atoms with van der Waals surface area (Å²) in [6.07, 6.45) is 3.04. The van der Waals surface area contributed by atoms with Gasteiger partial charge in [0.2, 0.25) is 0 Å². The van der Waals surface area contributed by atoms with Crippen LogP contribution < -0.4 is 0 Å². The van der Waals surface area contributed by atoms with E-state index in [1.165, 1.54) is 15.6 Å². The molecule has 118 valence electrons. The maximum absolute atomic E-state index is 12.6. The van der Waals surface area contributed by atoms with E-state index in [9.17, 15) is 8.42 Å². The largest absolute Gasteiger partial charge is 0.348 e. The normalized spacial score (nSPS) is 23.2. The fraction of sp³-hybridized carbons (Fsp3) is 0.692. The van der Waals surface area contributed by atoms with Gasteiger partial charge in [0, 0.05) is 25.9 Å². The van der Waals surface area contributed by atoms with Crippen molar-refractivity contribution in [3.63, 3.8) is 0 Å². The SMILES string of the molecule is CN(C1CCC2(CC1)OCCO2)S(=O)(=O)c1ccc(Br)s1. The minimum atomic E-state index is -3.41. The van der Waals surface area contributed by atoms with Gasteiger partial charge in [0.1, 0.15) is 4.21 Å². The topological polar surface area (TPSA) is 55.8 Å². The molecular weight excluding hydrogens is 378 g/mol. The maximum atomic E-state index is 12.6. The van der Waals surface area contributed by atoms with Crippen LogP contribution in [-0.2, 0) is 19.5 Å². The van der Waals surface area contributed by atoms with E-state index < -0.39 is 15.8 Å². The Morgan fingerprint density at radius 1 is 1.29 bits per heavy atom. The summed E-state index contributed by atoms with van der Waals surface area (Å²) in [5.41, 5.74) is 0. The second-order valence-corrected chi connectivity index (χ2v) is 10.1. The molecule has 1 aliphatic heterocycles. The van der Waals surface area contributed by atoms with Crippen molar-refractivity contribution in [2.45, 2.75) is 41.7 Å². The van der Waals surface area contributed by atoms with Crippen LogP contribution in [0.5, 0.6) is 0 Å². The quantitative estimate of drug-likeness (QED) is 0.789. The predicted octanol–water partition coefficient (Wildman–Crippen LogP) is 2.82. The summed E-state index contributed by atoms with van der Waals surface area (Å²) in [7, 11) is -1.74. The number of ether oxygens (including phenoxy) is 2. The standard InChI is InChI=1S/C13H18BrNO4S2/c1-15(21(16,17)12-3-2-11(14)20-12)10-4-6-13(7-5-10)18-8-9-19-13/h2-3,10H,4-9H2,1H3. The molecule has 2 heterocycles. The summed E-state index contributed by atoms with van der Waals surface area (Å²) in [6, 6.07) is 3.42. The highest BCUT2D eigenvalue weighted by atomic mass is 79.9. The van der Waals surface area contributed by atoms with Crippen LogP contribution in [0, 0.1) is 0 Å². The molecule has 1 spiro atoms. The van der Waals surface area contributed by atoms with Gasteiger partial charge >= 0.3 is 0 Å². The maximum Gasteiger partial charge on any atom is 0.252 e. The molecule has 1 saturated carbocycles. The Labute approximate surface area is 137 Å². The molecule has 21 heavy (non-hydrogen) atoms. The zero-order valence-electron chi connectivity index (χ0n) is 11.7. The Kier molecular flexibility index (Phi) is 4.46. The van der Waals surface area contributed by atoms with Gasteiger partial charge in [-0.1, -0.05) is 0 Å². The lowest BCUT2D eigenvalue weighted by Gasteiger charge is -2.38. The van der Waals surface area contributed by atoms with Crippen molar-refractivity contribution >= 4 is 37.3 Å². The Bertz CT molecular complexity index is 599. The number of thiophene rings is 1. The van der Waals surface area contributed by atoms with Crippen molar-refractivity contribution in [1.82, 2.24) is 4.31 Å². The Morgan fingerprint density at radius 2 is 1.90 bits per heavy atom. The highest BCUT2D eigenvalue weighted by molar-refractivity contribution is 9.11. The van der Waals surface area contributed by atoms with Gasteiger partial charge in [0.05, 0.1) is 17.0 Å². The van der Waals surface area contributed by atoms with Gasteiger partial charge < -0.3 is 9.47 Å². The molecule has 0 bridgehead atoms. The minimum Gasteiger partial charge on any atom is -0.348 e. The molecule has 1 aromatic heterocycles. The molecule has 1 aromatic rings. The van der Waals surface area contributed by atoms with E-state index in [1.807, 2.05) is 0 Å². The molecule has 0 N–H and O–H groups in total. The van der Waals surface area contributed by atoms with Crippen molar-refractivity contribution in [3.8, 4) is 0 Å². The van der Waals surface area contributed by atoms with E-state index in [0.717, 1.165) is 29.5 Å². The average molecular weight is 396 g/mol. The fourth-order valence-electron chi connectivity index (χ4n) is 2.97. The van der Waals surface area contributed by atoms with Crippen LogP contribution in [-0.4, -0.2) is 44.8 Å². The van der Waals surface area contributed by atoms with E-state index in [0.29, 0.717) is 17.4 Å². The number of hydrogen-bond donors (Lipinski definition) is 0. The second kappa shape index (κ2) is 5.90. The van der Waals surface area contributed by atoms with Crippen LogP contribution in [0.25, 0.3) is 0 Å². The molecule has 8 heteroatoms. The minimum absolute atomic E-state index is 0.00861. The van der Waals surface area contributed by atoms with Gasteiger partial charge in [0.25, 0.3) is 10.0 Å². The lowest BCUT2D eigenvalue weighted by molar-refractivity contribution is -0.181. The first-order valence-corrected chi connectivity index (χ1v) is 9.99. The predicted molar refractivity (Wildman–Crippen MR) is 83.9 cm³/mol. The van der Waals surface area contributed by atoms with Gasteiger partial charge in [0.15, 0.2) is 5.79 Å². The van der Waals surface area contributed by atoms with Crippen molar-refractivity contribution in [2.24, 2.45) is 0 Å². The third-order valence-electron chi connectivity index (χ3n) is 4.23. The molecular formula is C13H18BrNO4S2. The molecule has 0 radical (unpaired) electrons. The number of halogens is 1. The summed E-state index contributed by atoms with van der Waals surface area (Å²) in [6.45, 7) is 1.28. The monoisotopic (exact) mass is 395 g/mol. The summed E-state index contributed by atoms with van der Waals surface area (Å²) in [5, 5.41) is 0. The zero-order valence-corrected chi connectivity index (χ0v) is 15.0. The molecule has 2 fully saturated rings. The average Bonchev–Trinajstić information content (AvgIpc) is 3.09. The van der Waals surface area contributed by atoms with Gasteiger partial charge in [-0.15, -0.1) is 11.3 Å². The number of sulfonamides is 1. The first-order valence-electron chi connectivity index (χ1n) is 6.94. The molecule has 0 amide bonds. The molecule has 1 aliphatic carbocycles. The van der Waals surface area contributed by atoms with Crippen LogP contribution in [0.2, 0.25) is 0 Å².